The van der Waals surface area contributed by atoms with Crippen LogP contribution < -0.4 is 0 Å². The van der Waals surface area contributed by atoms with Crippen molar-refractivity contribution < 1.29 is 14.4 Å². The zero-order chi connectivity index (χ0) is 17.4. The summed E-state index contributed by atoms with van der Waals surface area (Å²) in [5, 5.41) is 3.96. The van der Waals surface area contributed by atoms with Crippen molar-refractivity contribution in [2.24, 2.45) is 17.0 Å². The maximum atomic E-state index is 13.1. The Kier molecular flexibility index (Phi) is 4.57. The van der Waals surface area contributed by atoms with Gasteiger partial charge in [-0.15, -0.1) is 0 Å². The van der Waals surface area contributed by atoms with Crippen molar-refractivity contribution in [3.63, 3.8) is 0 Å². The summed E-state index contributed by atoms with van der Waals surface area (Å²) in [6.45, 7) is 6.25. The molecule has 4 nitrogen and oxygen atoms in total. The Morgan fingerprint density at radius 3 is 1.96 bits per heavy atom. The van der Waals surface area contributed by atoms with Gasteiger partial charge in [0.1, 0.15) is 13.0 Å². The Balaban J connectivity index is 2.03. The Morgan fingerprint density at radius 2 is 1.54 bits per heavy atom. The second-order valence-corrected chi connectivity index (χ2v) is 6.90. The summed E-state index contributed by atoms with van der Waals surface area (Å²) < 4.78 is 0. The summed E-state index contributed by atoms with van der Waals surface area (Å²) >= 11 is 0. The number of aryl methyl sites for hydroxylation is 3. The third kappa shape index (κ3) is 2.58. The molecule has 24 heavy (non-hydrogen) atoms. The maximum Gasteiger partial charge on any atom is 0.151 e. The summed E-state index contributed by atoms with van der Waals surface area (Å²) in [6, 6.07) is 4.25. The molecule has 0 N–H and O–H groups in total. The number of hydrogen-bond acceptors (Lipinski definition) is 4. The highest BCUT2D eigenvalue weighted by Crippen LogP contribution is 2.46. The average molecular weight is 327 g/mol. The molecule has 0 bridgehead atoms. The minimum Gasteiger partial charge on any atom is -0.399 e. The van der Waals surface area contributed by atoms with Crippen LogP contribution in [0.5, 0.6) is 0 Å². The Labute approximate surface area is 143 Å². The van der Waals surface area contributed by atoms with Gasteiger partial charge in [0, 0.05) is 11.8 Å². The van der Waals surface area contributed by atoms with E-state index < -0.39 is 5.92 Å². The van der Waals surface area contributed by atoms with E-state index in [0.29, 0.717) is 12.8 Å². The lowest BCUT2D eigenvalue weighted by Gasteiger charge is -2.19. The molecule has 2 saturated carbocycles. The first-order valence-corrected chi connectivity index (χ1v) is 8.80. The van der Waals surface area contributed by atoms with Crippen LogP contribution >= 0.6 is 0 Å². The molecule has 0 amide bonds. The molecule has 0 radical (unpaired) electrons. The first-order valence-electron chi connectivity index (χ1n) is 8.80. The molecule has 2 atom stereocenters. The Morgan fingerprint density at radius 1 is 1.04 bits per heavy atom. The molecule has 2 fully saturated rings. The molecule has 0 saturated heterocycles. The van der Waals surface area contributed by atoms with Gasteiger partial charge in [0.05, 0.1) is 5.71 Å². The highest BCUT2D eigenvalue weighted by Gasteiger charge is 2.54. The van der Waals surface area contributed by atoms with Crippen molar-refractivity contribution in [2.45, 2.75) is 52.4 Å². The van der Waals surface area contributed by atoms with E-state index in [1.54, 1.807) is 0 Å². The number of Topliss-reactive ketones (excluding diaryl/α,β-unsaturated/α-hetero) is 2. The highest BCUT2D eigenvalue weighted by atomic mass is 16.6. The van der Waals surface area contributed by atoms with E-state index >= 15 is 0 Å². The van der Waals surface area contributed by atoms with Gasteiger partial charge in [0.2, 0.25) is 0 Å². The fourth-order valence-corrected chi connectivity index (χ4v) is 4.44. The standard InChI is InChI=1S/C20H25NO3/c1-5-12-7-11(3)8-13(6-2)17(12)18-19(22)15-9-14(21-24-4)10-16(15)20(18)23/h7-8,15-16,18H,5-6,9-10H2,1-4H3. The zero-order valence-electron chi connectivity index (χ0n) is 14.9. The Hall–Kier alpha value is -1.97. The van der Waals surface area contributed by atoms with Crippen molar-refractivity contribution in [3.05, 3.63) is 34.4 Å². The zero-order valence-corrected chi connectivity index (χ0v) is 14.9. The van der Waals surface area contributed by atoms with Gasteiger partial charge in [-0.3, -0.25) is 9.59 Å². The highest BCUT2D eigenvalue weighted by molar-refractivity contribution is 6.19. The molecule has 4 heteroatoms. The molecule has 0 aromatic heterocycles. The number of rotatable bonds is 4. The quantitative estimate of drug-likeness (QED) is 0.629. The van der Waals surface area contributed by atoms with E-state index in [2.05, 4.69) is 38.1 Å². The number of carbonyl (C=O) groups is 2. The molecule has 3 rings (SSSR count). The first-order chi connectivity index (χ1) is 11.5. The van der Waals surface area contributed by atoms with Crippen LogP contribution in [0.15, 0.2) is 17.3 Å². The van der Waals surface area contributed by atoms with E-state index in [1.165, 1.54) is 12.7 Å². The molecule has 0 heterocycles. The predicted octanol–water partition coefficient (Wildman–Crippen LogP) is 3.38. The average Bonchev–Trinajstić information content (AvgIpc) is 3.07. The van der Waals surface area contributed by atoms with E-state index in [4.69, 9.17) is 4.84 Å². The molecule has 1 aromatic rings. The van der Waals surface area contributed by atoms with Gasteiger partial charge < -0.3 is 4.84 Å². The summed E-state index contributed by atoms with van der Waals surface area (Å²) in [4.78, 5) is 30.9. The molecule has 0 aliphatic heterocycles. The number of fused-ring (bicyclic) bond motifs is 1. The first kappa shape index (κ1) is 16.9. The van der Waals surface area contributed by atoms with Gasteiger partial charge in [-0.2, -0.15) is 0 Å². The van der Waals surface area contributed by atoms with Gasteiger partial charge in [-0.05, 0) is 49.3 Å². The molecule has 0 spiro atoms. The van der Waals surface area contributed by atoms with E-state index in [1.807, 2.05) is 0 Å². The molecular weight excluding hydrogens is 302 g/mol. The van der Waals surface area contributed by atoms with Crippen LogP contribution in [0.2, 0.25) is 0 Å². The number of nitrogens with zero attached hydrogens (tertiary/aromatic N) is 1. The van der Waals surface area contributed by atoms with Crippen LogP contribution in [0, 0.1) is 18.8 Å². The van der Waals surface area contributed by atoms with Crippen LogP contribution in [-0.2, 0) is 27.3 Å². The molecule has 128 valence electrons. The number of oxime groups is 1. The topological polar surface area (TPSA) is 55.7 Å². The minimum atomic E-state index is -0.574. The van der Waals surface area contributed by atoms with Gasteiger partial charge in [-0.25, -0.2) is 0 Å². The predicted molar refractivity (Wildman–Crippen MR) is 93.3 cm³/mol. The van der Waals surface area contributed by atoms with Crippen LogP contribution in [0.3, 0.4) is 0 Å². The Bertz CT molecular complexity index is 669. The van der Waals surface area contributed by atoms with E-state index in [-0.39, 0.29) is 23.4 Å². The lowest BCUT2D eigenvalue weighted by atomic mass is 9.83. The van der Waals surface area contributed by atoms with Crippen molar-refractivity contribution in [1.29, 1.82) is 0 Å². The summed E-state index contributed by atoms with van der Waals surface area (Å²) in [5.41, 5.74) is 5.30. The third-order valence-electron chi connectivity index (χ3n) is 5.46. The SMILES string of the molecule is CCc1cc(C)cc(CC)c1C1C(=O)C2CC(=NOC)CC2C1=O. The smallest absolute Gasteiger partial charge is 0.151 e. The summed E-state index contributed by atoms with van der Waals surface area (Å²) in [7, 11) is 1.50. The van der Waals surface area contributed by atoms with Crippen molar-refractivity contribution in [3.8, 4) is 0 Å². The van der Waals surface area contributed by atoms with Gasteiger partial charge in [0.25, 0.3) is 0 Å². The second-order valence-electron chi connectivity index (χ2n) is 6.90. The van der Waals surface area contributed by atoms with Crippen LogP contribution in [0.4, 0.5) is 0 Å². The van der Waals surface area contributed by atoms with Crippen LogP contribution in [0.25, 0.3) is 0 Å². The molecular formula is C20H25NO3. The van der Waals surface area contributed by atoms with Gasteiger partial charge >= 0.3 is 0 Å². The van der Waals surface area contributed by atoms with Gasteiger partial charge in [0.15, 0.2) is 11.6 Å². The third-order valence-corrected chi connectivity index (χ3v) is 5.46. The molecule has 2 aliphatic rings. The summed E-state index contributed by atoms with van der Waals surface area (Å²) in [5.74, 6) is -0.840. The second kappa shape index (κ2) is 6.50. The summed E-state index contributed by atoms with van der Waals surface area (Å²) in [6.07, 6.45) is 2.81. The number of benzene rings is 1. The largest absolute Gasteiger partial charge is 0.399 e. The van der Waals surface area contributed by atoms with Gasteiger partial charge in [-0.1, -0.05) is 36.7 Å². The van der Waals surface area contributed by atoms with E-state index in [9.17, 15) is 9.59 Å². The lowest BCUT2D eigenvalue weighted by molar-refractivity contribution is -0.125. The fourth-order valence-electron chi connectivity index (χ4n) is 4.44. The monoisotopic (exact) mass is 327 g/mol. The molecule has 2 aliphatic carbocycles. The van der Waals surface area contributed by atoms with Crippen molar-refractivity contribution >= 4 is 17.3 Å². The maximum absolute atomic E-state index is 13.1. The van der Waals surface area contributed by atoms with E-state index in [0.717, 1.165) is 35.2 Å². The minimum absolute atomic E-state index is 0.0829. The van der Waals surface area contributed by atoms with Crippen molar-refractivity contribution in [2.75, 3.05) is 7.11 Å². The molecule has 1 aromatic carbocycles. The lowest BCUT2D eigenvalue weighted by Crippen LogP contribution is -2.21. The van der Waals surface area contributed by atoms with Crippen LogP contribution in [-0.4, -0.2) is 24.4 Å². The number of ketones is 2. The van der Waals surface area contributed by atoms with Crippen molar-refractivity contribution in [1.82, 2.24) is 0 Å². The molecule has 2 unspecified atom stereocenters. The number of hydrogen-bond donors (Lipinski definition) is 0. The normalized spacial score (nSPS) is 26.0. The van der Waals surface area contributed by atoms with Crippen LogP contribution in [0.1, 0.15) is 54.9 Å². The number of carbonyl (C=O) groups excluding carboxylic acids is 2. The fraction of sp³-hybridized carbons (Fsp3) is 0.550.